The molecule has 0 saturated carbocycles. The van der Waals surface area contributed by atoms with Crippen molar-refractivity contribution in [1.29, 1.82) is 5.26 Å². The van der Waals surface area contributed by atoms with E-state index in [2.05, 4.69) is 12.6 Å². The van der Waals surface area contributed by atoms with Crippen molar-refractivity contribution >= 4 is 23.7 Å². The van der Waals surface area contributed by atoms with E-state index in [4.69, 9.17) is 16.9 Å². The number of amides is 1. The number of rotatable bonds is 4. The van der Waals surface area contributed by atoms with Gasteiger partial charge in [-0.25, -0.2) is 0 Å². The minimum Gasteiger partial charge on any atom is -0.346 e. The molecule has 0 aromatic heterocycles. The van der Waals surface area contributed by atoms with Crippen molar-refractivity contribution in [3.8, 4) is 6.07 Å². The van der Waals surface area contributed by atoms with E-state index in [1.165, 1.54) is 0 Å². The summed E-state index contributed by atoms with van der Waals surface area (Å²) in [4.78, 5) is 14.8. The van der Waals surface area contributed by atoms with Crippen LogP contribution in [0.15, 0.2) is 24.4 Å². The van der Waals surface area contributed by atoms with Gasteiger partial charge in [0.15, 0.2) is 0 Å². The third-order valence-electron chi connectivity index (χ3n) is 4.09. The number of halogens is 1. The molecule has 2 rings (SSSR count). The average molecular weight is 304 g/mol. The molecule has 0 spiro atoms. The fourth-order valence-electron chi connectivity index (χ4n) is 2.70. The summed E-state index contributed by atoms with van der Waals surface area (Å²) in [6, 6.07) is 5.71. The van der Waals surface area contributed by atoms with Gasteiger partial charge in [-0.3, -0.25) is 4.79 Å². The Hall–Kier alpha value is -1.99. The first-order valence-corrected chi connectivity index (χ1v) is 7.21. The number of nitriles is 1. The van der Waals surface area contributed by atoms with Crippen LogP contribution in [0.25, 0.3) is 0 Å². The molecule has 0 radical (unpaired) electrons. The van der Waals surface area contributed by atoms with Crippen molar-refractivity contribution in [2.75, 3.05) is 18.5 Å². The summed E-state index contributed by atoms with van der Waals surface area (Å²) in [5.41, 5.74) is 2.97. The van der Waals surface area contributed by atoms with Crippen molar-refractivity contribution in [1.82, 2.24) is 4.90 Å². The Kier molecular flexibility index (Phi) is 4.54. The molecule has 1 fully saturated rings. The van der Waals surface area contributed by atoms with E-state index in [9.17, 15) is 4.79 Å². The Bertz CT molecular complexity index is 621. The Morgan fingerprint density at radius 1 is 1.62 bits per heavy atom. The number of carbonyl (C=O) groups is 1. The summed E-state index contributed by atoms with van der Waals surface area (Å²) in [5.74, 6) is 0. The highest BCUT2D eigenvalue weighted by Gasteiger charge is 2.28. The molecule has 0 N–H and O–H groups in total. The van der Waals surface area contributed by atoms with E-state index >= 15 is 0 Å². The van der Waals surface area contributed by atoms with Crippen LogP contribution in [0.5, 0.6) is 0 Å². The van der Waals surface area contributed by atoms with Crippen LogP contribution in [0, 0.1) is 18.3 Å². The van der Waals surface area contributed by atoms with Crippen LogP contribution in [-0.2, 0) is 4.79 Å². The van der Waals surface area contributed by atoms with Gasteiger partial charge in [0.05, 0.1) is 28.4 Å². The van der Waals surface area contributed by atoms with Gasteiger partial charge in [-0.1, -0.05) is 18.2 Å². The third kappa shape index (κ3) is 2.74. The zero-order valence-electron chi connectivity index (χ0n) is 12.3. The van der Waals surface area contributed by atoms with Gasteiger partial charge in [-0.2, -0.15) is 5.26 Å². The van der Waals surface area contributed by atoms with Gasteiger partial charge in [0, 0.05) is 19.3 Å². The predicted molar refractivity (Wildman–Crippen MR) is 84.2 cm³/mol. The van der Waals surface area contributed by atoms with Crippen LogP contribution >= 0.6 is 11.6 Å². The molecule has 4 nitrogen and oxygen atoms in total. The van der Waals surface area contributed by atoms with Crippen molar-refractivity contribution < 1.29 is 4.79 Å². The van der Waals surface area contributed by atoms with Gasteiger partial charge in [0.1, 0.15) is 0 Å². The minimum absolute atomic E-state index is 0.0134. The summed E-state index contributed by atoms with van der Waals surface area (Å²) in [6.45, 7) is 6.72. The largest absolute Gasteiger partial charge is 0.346 e. The fourth-order valence-corrected chi connectivity index (χ4v) is 2.99. The number of anilines is 1. The molecule has 5 heteroatoms. The molecule has 1 aliphatic heterocycles. The Morgan fingerprint density at radius 2 is 2.33 bits per heavy atom. The molecule has 0 aliphatic carbocycles. The topological polar surface area (TPSA) is 47.3 Å². The molecule has 1 amide bonds. The number of likely N-dealkylation sites (N-methyl/N-ethyl adjacent to an activating group) is 1. The summed E-state index contributed by atoms with van der Waals surface area (Å²) in [6.07, 6.45) is 2.77. The van der Waals surface area contributed by atoms with Crippen LogP contribution in [0.3, 0.4) is 0 Å². The monoisotopic (exact) mass is 303 g/mol. The fraction of sp³-hybridized carbons (Fsp3) is 0.375. The summed E-state index contributed by atoms with van der Waals surface area (Å²) < 4.78 is 0. The third-order valence-corrected chi connectivity index (χ3v) is 4.57. The Morgan fingerprint density at radius 3 is 2.95 bits per heavy atom. The summed E-state index contributed by atoms with van der Waals surface area (Å²) in [7, 11) is 1.89. The molecule has 1 aromatic carbocycles. The lowest BCUT2D eigenvalue weighted by Gasteiger charge is -2.31. The molecular formula is C16H18ClN3O. The highest BCUT2D eigenvalue weighted by Crippen LogP contribution is 2.34. The van der Waals surface area contributed by atoms with Gasteiger partial charge < -0.3 is 9.80 Å². The molecular weight excluding hydrogens is 286 g/mol. The molecule has 1 unspecified atom stereocenters. The second-order valence-electron chi connectivity index (χ2n) is 5.23. The molecule has 0 bridgehead atoms. The van der Waals surface area contributed by atoms with Crippen LogP contribution in [0.1, 0.15) is 24.0 Å². The van der Waals surface area contributed by atoms with E-state index in [0.29, 0.717) is 10.6 Å². The lowest BCUT2D eigenvalue weighted by Crippen LogP contribution is -2.35. The van der Waals surface area contributed by atoms with Crippen LogP contribution in [0.2, 0.25) is 5.02 Å². The molecule has 110 valence electrons. The molecule has 1 atom stereocenters. The van der Waals surface area contributed by atoms with Crippen LogP contribution in [0.4, 0.5) is 5.69 Å². The predicted octanol–water partition coefficient (Wildman–Crippen LogP) is 3.09. The second-order valence-corrected chi connectivity index (χ2v) is 5.61. The van der Waals surface area contributed by atoms with Crippen molar-refractivity contribution in [2.45, 2.75) is 25.8 Å². The Balaban J connectivity index is 2.30. The molecule has 1 heterocycles. The highest BCUT2D eigenvalue weighted by molar-refractivity contribution is 6.34. The number of nitrogens with zero attached hydrogens (tertiary/aromatic N) is 3. The summed E-state index contributed by atoms with van der Waals surface area (Å²) in [5, 5.41) is 9.58. The second kappa shape index (κ2) is 6.19. The van der Waals surface area contributed by atoms with Crippen molar-refractivity contribution in [2.24, 2.45) is 0 Å². The first-order valence-electron chi connectivity index (χ1n) is 6.84. The quantitative estimate of drug-likeness (QED) is 0.803. The maximum atomic E-state index is 11.1. The van der Waals surface area contributed by atoms with E-state index in [0.717, 1.165) is 42.7 Å². The lowest BCUT2D eigenvalue weighted by molar-refractivity contribution is -0.118. The number of hydrogen-bond acceptors (Lipinski definition) is 3. The molecule has 1 aromatic rings. The number of carbonyl (C=O) groups excluding carboxylic acids is 1. The average Bonchev–Trinajstić information content (AvgIpc) is 2.97. The van der Waals surface area contributed by atoms with Crippen molar-refractivity contribution in [3.63, 3.8) is 0 Å². The van der Waals surface area contributed by atoms with Crippen LogP contribution < -0.4 is 4.90 Å². The smallest absolute Gasteiger partial charge is 0.210 e. The number of benzene rings is 1. The first-order chi connectivity index (χ1) is 10.0. The van der Waals surface area contributed by atoms with Gasteiger partial charge >= 0.3 is 0 Å². The minimum atomic E-state index is 0.0134. The normalized spacial score (nSPS) is 17.4. The van der Waals surface area contributed by atoms with E-state index in [1.807, 2.05) is 24.9 Å². The van der Waals surface area contributed by atoms with E-state index in [1.54, 1.807) is 11.0 Å². The van der Waals surface area contributed by atoms with E-state index < -0.39 is 0 Å². The lowest BCUT2D eigenvalue weighted by atomic mass is 10.1. The maximum Gasteiger partial charge on any atom is 0.210 e. The number of likely N-dealkylation sites (tertiary alicyclic amines) is 1. The first kappa shape index (κ1) is 15.4. The SMILES string of the molecule is C=C(C1CCCN1C=O)N(C)c1ccc(C#N)c(C)c1Cl. The summed E-state index contributed by atoms with van der Waals surface area (Å²) >= 11 is 6.38. The van der Waals surface area contributed by atoms with Gasteiger partial charge in [0.2, 0.25) is 6.41 Å². The van der Waals surface area contributed by atoms with Crippen molar-refractivity contribution in [3.05, 3.63) is 40.6 Å². The van der Waals surface area contributed by atoms with Gasteiger partial charge in [0.25, 0.3) is 0 Å². The number of hydrogen-bond donors (Lipinski definition) is 0. The molecule has 21 heavy (non-hydrogen) atoms. The van der Waals surface area contributed by atoms with Gasteiger partial charge in [-0.15, -0.1) is 0 Å². The molecule has 1 saturated heterocycles. The zero-order chi connectivity index (χ0) is 15.6. The zero-order valence-corrected chi connectivity index (χ0v) is 13.0. The van der Waals surface area contributed by atoms with E-state index in [-0.39, 0.29) is 6.04 Å². The highest BCUT2D eigenvalue weighted by atomic mass is 35.5. The molecule has 1 aliphatic rings. The Labute approximate surface area is 130 Å². The standard InChI is InChI=1S/C16H18ClN3O/c1-11-13(9-18)6-7-15(16(11)17)19(3)12(2)14-5-4-8-20(14)10-21/h6-7,10,14H,2,4-5,8H2,1,3H3. The maximum absolute atomic E-state index is 11.1. The van der Waals surface area contributed by atoms with Gasteiger partial charge in [-0.05, 0) is 37.5 Å². The van der Waals surface area contributed by atoms with Crippen LogP contribution in [-0.4, -0.2) is 30.9 Å².